The monoisotopic (exact) mass is 551 g/mol. The summed E-state index contributed by atoms with van der Waals surface area (Å²) in [6.07, 6.45) is 11.0. The van der Waals surface area contributed by atoms with Gasteiger partial charge in [0.25, 0.3) is 0 Å². The number of likely N-dealkylation sites (tertiary alicyclic amines) is 1. The van der Waals surface area contributed by atoms with Gasteiger partial charge < -0.3 is 15.1 Å². The summed E-state index contributed by atoms with van der Waals surface area (Å²) in [6.45, 7) is 10.6. The zero-order chi connectivity index (χ0) is 27.3. The predicted octanol–water partition coefficient (Wildman–Crippen LogP) is 8.37. The van der Waals surface area contributed by atoms with E-state index in [0.29, 0.717) is 11.8 Å². The molecule has 0 radical (unpaired) electrons. The molecule has 1 aliphatic heterocycles. The Morgan fingerprint density at radius 3 is 2.21 bits per heavy atom. The molecule has 0 aromatic heterocycles. The SMILES string of the molecule is C=C1C2=CC(C(C)(O)CO)CC=C2C(CCC2(CC)CC2)(c2ccc(Cl)cc2)N1C(C)c1ccc(Cl)cc1. The number of allylic oxidation sites excluding steroid dienone is 2. The number of hydrogen-bond acceptors (Lipinski definition) is 3. The number of nitrogens with zero attached hydrogens (tertiary/aromatic N) is 1. The van der Waals surface area contributed by atoms with Gasteiger partial charge >= 0.3 is 0 Å². The Kier molecular flexibility index (Phi) is 7.37. The second-order valence-corrected chi connectivity index (χ2v) is 12.7. The van der Waals surface area contributed by atoms with E-state index in [9.17, 15) is 10.2 Å². The Labute approximate surface area is 237 Å². The highest BCUT2D eigenvalue weighted by Gasteiger charge is 2.55. The molecular weight excluding hydrogens is 513 g/mol. The van der Waals surface area contributed by atoms with Gasteiger partial charge in [-0.15, -0.1) is 0 Å². The summed E-state index contributed by atoms with van der Waals surface area (Å²) < 4.78 is 0. The van der Waals surface area contributed by atoms with Crippen molar-refractivity contribution < 1.29 is 10.2 Å². The minimum atomic E-state index is -1.20. The van der Waals surface area contributed by atoms with Gasteiger partial charge in [-0.3, -0.25) is 0 Å². The number of fused-ring (bicyclic) bond motifs is 1. The van der Waals surface area contributed by atoms with E-state index < -0.39 is 11.1 Å². The largest absolute Gasteiger partial charge is 0.393 e. The Morgan fingerprint density at radius 2 is 1.66 bits per heavy atom. The molecule has 2 N–H and O–H groups in total. The lowest BCUT2D eigenvalue weighted by molar-refractivity contribution is -0.0314. The average Bonchev–Trinajstić information content (AvgIpc) is 3.67. The van der Waals surface area contributed by atoms with Crippen LogP contribution in [-0.4, -0.2) is 27.3 Å². The second-order valence-electron chi connectivity index (χ2n) is 11.8. The van der Waals surface area contributed by atoms with Crippen molar-refractivity contribution in [1.29, 1.82) is 0 Å². The smallest absolute Gasteiger partial charge is 0.0916 e. The Bertz CT molecular complexity index is 1260. The molecular formula is C33H39Cl2NO2. The number of benzene rings is 2. The molecule has 202 valence electrons. The molecule has 2 aromatic carbocycles. The highest BCUT2D eigenvalue weighted by Crippen LogP contribution is 2.62. The third-order valence-electron chi connectivity index (χ3n) is 9.60. The fourth-order valence-corrected chi connectivity index (χ4v) is 6.93. The van der Waals surface area contributed by atoms with Gasteiger partial charge in [-0.25, -0.2) is 0 Å². The second kappa shape index (κ2) is 10.2. The molecule has 0 bridgehead atoms. The summed E-state index contributed by atoms with van der Waals surface area (Å²) in [5, 5.41) is 22.3. The van der Waals surface area contributed by atoms with Crippen LogP contribution < -0.4 is 0 Å². The number of aliphatic hydroxyl groups is 2. The lowest BCUT2D eigenvalue weighted by Gasteiger charge is -2.46. The van der Waals surface area contributed by atoms with Crippen LogP contribution in [0, 0.1) is 11.3 Å². The third-order valence-corrected chi connectivity index (χ3v) is 10.1. The van der Waals surface area contributed by atoms with Crippen molar-refractivity contribution in [2.45, 2.75) is 76.5 Å². The van der Waals surface area contributed by atoms with Crippen molar-refractivity contribution in [2.24, 2.45) is 11.3 Å². The van der Waals surface area contributed by atoms with E-state index in [-0.39, 0.29) is 18.6 Å². The van der Waals surface area contributed by atoms with E-state index in [4.69, 9.17) is 23.2 Å². The van der Waals surface area contributed by atoms with E-state index in [0.717, 1.165) is 34.2 Å². The van der Waals surface area contributed by atoms with Crippen molar-refractivity contribution in [1.82, 2.24) is 4.90 Å². The van der Waals surface area contributed by atoms with E-state index in [1.807, 2.05) is 24.3 Å². The van der Waals surface area contributed by atoms with Gasteiger partial charge in [0.05, 0.1) is 23.8 Å². The number of hydrogen-bond donors (Lipinski definition) is 2. The average molecular weight is 553 g/mol. The lowest BCUT2D eigenvalue weighted by atomic mass is 9.71. The first-order valence-corrected chi connectivity index (χ1v) is 14.6. The highest BCUT2D eigenvalue weighted by molar-refractivity contribution is 6.30. The molecule has 0 amide bonds. The molecule has 38 heavy (non-hydrogen) atoms. The summed E-state index contributed by atoms with van der Waals surface area (Å²) in [7, 11) is 0. The molecule has 5 rings (SSSR count). The van der Waals surface area contributed by atoms with Gasteiger partial charge in [0.1, 0.15) is 0 Å². The number of rotatable bonds is 9. The molecule has 2 aromatic rings. The van der Waals surface area contributed by atoms with Crippen molar-refractivity contribution in [3.05, 3.63) is 105 Å². The molecule has 0 spiro atoms. The van der Waals surface area contributed by atoms with Crippen LogP contribution in [0.2, 0.25) is 10.0 Å². The lowest BCUT2D eigenvalue weighted by Crippen LogP contribution is -2.43. The maximum Gasteiger partial charge on any atom is 0.0916 e. The Hall–Kier alpha value is -2.04. The predicted molar refractivity (Wildman–Crippen MR) is 157 cm³/mol. The molecule has 1 heterocycles. The fourth-order valence-electron chi connectivity index (χ4n) is 6.68. The molecule has 4 unspecified atom stereocenters. The summed E-state index contributed by atoms with van der Waals surface area (Å²) >= 11 is 12.6. The molecule has 2 fully saturated rings. The standard InChI is InChI=1S/C33H39Cl2NO2/c1-5-32(16-17-32)18-19-33(25-8-13-28(35)14-9-25)30-15-10-26(31(4,38)21-37)20-29(30)23(3)36(33)22(2)24-6-11-27(34)12-7-24/h6-9,11-15,20,22,26,37-38H,3,5,10,16-19,21H2,1-2,4H3. The first-order valence-electron chi connectivity index (χ1n) is 13.8. The first kappa shape index (κ1) is 27.5. The molecule has 1 saturated carbocycles. The topological polar surface area (TPSA) is 43.7 Å². The molecule has 3 nitrogen and oxygen atoms in total. The zero-order valence-corrected chi connectivity index (χ0v) is 24.2. The van der Waals surface area contributed by atoms with Crippen LogP contribution in [-0.2, 0) is 5.54 Å². The molecule has 2 aliphatic carbocycles. The van der Waals surface area contributed by atoms with Crippen LogP contribution in [0.4, 0.5) is 0 Å². The van der Waals surface area contributed by atoms with Gasteiger partial charge in [0.15, 0.2) is 0 Å². The van der Waals surface area contributed by atoms with Gasteiger partial charge in [-0.2, -0.15) is 0 Å². The first-order chi connectivity index (χ1) is 18.1. The molecule has 1 saturated heterocycles. The number of halogens is 2. The normalized spacial score (nSPS) is 26.3. The highest BCUT2D eigenvalue weighted by atomic mass is 35.5. The fraction of sp³-hybridized carbons (Fsp3) is 0.455. The summed E-state index contributed by atoms with van der Waals surface area (Å²) in [6, 6.07) is 16.4. The van der Waals surface area contributed by atoms with Gasteiger partial charge in [-0.1, -0.05) is 79.5 Å². The van der Waals surface area contributed by atoms with Crippen LogP contribution in [0.3, 0.4) is 0 Å². The summed E-state index contributed by atoms with van der Waals surface area (Å²) in [4.78, 5) is 2.50. The van der Waals surface area contributed by atoms with E-state index in [1.54, 1.807) is 6.92 Å². The van der Waals surface area contributed by atoms with E-state index >= 15 is 0 Å². The third kappa shape index (κ3) is 4.66. The minimum absolute atomic E-state index is 0.0245. The van der Waals surface area contributed by atoms with Crippen molar-refractivity contribution >= 4 is 23.2 Å². The molecule has 4 atom stereocenters. The van der Waals surface area contributed by atoms with Gasteiger partial charge in [-0.05, 0) is 97.9 Å². The van der Waals surface area contributed by atoms with Crippen LogP contribution in [0.5, 0.6) is 0 Å². The van der Waals surface area contributed by atoms with E-state index in [1.165, 1.54) is 36.0 Å². The summed E-state index contributed by atoms with van der Waals surface area (Å²) in [5.74, 6) is -0.192. The van der Waals surface area contributed by atoms with Crippen LogP contribution in [0.1, 0.15) is 76.5 Å². The van der Waals surface area contributed by atoms with E-state index in [2.05, 4.69) is 61.7 Å². The van der Waals surface area contributed by atoms with Gasteiger partial charge in [0, 0.05) is 21.7 Å². The summed E-state index contributed by atoms with van der Waals surface area (Å²) in [5.41, 5.74) is 4.45. The zero-order valence-electron chi connectivity index (χ0n) is 22.7. The maximum atomic E-state index is 11.0. The Morgan fingerprint density at radius 1 is 1.05 bits per heavy atom. The number of aliphatic hydroxyl groups excluding tert-OH is 1. The molecule has 3 aliphatic rings. The minimum Gasteiger partial charge on any atom is -0.393 e. The van der Waals surface area contributed by atoms with Crippen LogP contribution >= 0.6 is 23.2 Å². The van der Waals surface area contributed by atoms with Gasteiger partial charge in [0.2, 0.25) is 0 Å². The van der Waals surface area contributed by atoms with Crippen molar-refractivity contribution in [2.75, 3.05) is 6.61 Å². The van der Waals surface area contributed by atoms with Crippen molar-refractivity contribution in [3.63, 3.8) is 0 Å². The van der Waals surface area contributed by atoms with Crippen LogP contribution in [0.15, 0.2) is 84.1 Å². The maximum absolute atomic E-state index is 11.0. The van der Waals surface area contributed by atoms with Crippen molar-refractivity contribution in [3.8, 4) is 0 Å². The van der Waals surface area contributed by atoms with Crippen LogP contribution in [0.25, 0.3) is 0 Å². The molecule has 5 heteroatoms. The Balaban J connectivity index is 1.70. The quantitative estimate of drug-likeness (QED) is 0.329.